The van der Waals surface area contributed by atoms with Crippen LogP contribution in [0.3, 0.4) is 0 Å². The van der Waals surface area contributed by atoms with Crippen molar-refractivity contribution in [1.82, 2.24) is 4.90 Å². The predicted molar refractivity (Wildman–Crippen MR) is 65.7 cm³/mol. The van der Waals surface area contributed by atoms with Gasteiger partial charge in [0.15, 0.2) is 5.76 Å². The summed E-state index contributed by atoms with van der Waals surface area (Å²) in [4.78, 5) is 14.0. The highest BCUT2D eigenvalue weighted by molar-refractivity contribution is 5.91. The lowest BCUT2D eigenvalue weighted by molar-refractivity contribution is 0.0752. The highest BCUT2D eigenvalue weighted by Gasteiger charge is 2.30. The quantitative estimate of drug-likeness (QED) is 0.868. The van der Waals surface area contributed by atoms with E-state index in [9.17, 15) is 4.79 Å². The van der Waals surface area contributed by atoms with E-state index in [1.165, 1.54) is 0 Å². The normalized spacial score (nSPS) is 21.8. The van der Waals surface area contributed by atoms with Crippen molar-refractivity contribution in [3.8, 4) is 0 Å². The lowest BCUT2D eigenvalue weighted by atomic mass is 10.0. The van der Waals surface area contributed by atoms with Crippen LogP contribution in [0.5, 0.6) is 0 Å². The number of nitrogens with two attached hydrogens (primary N) is 1. The predicted octanol–water partition coefficient (Wildman–Crippen LogP) is 1.65. The minimum absolute atomic E-state index is 0.00662. The van der Waals surface area contributed by atoms with Crippen molar-refractivity contribution in [1.29, 1.82) is 0 Å². The van der Waals surface area contributed by atoms with Crippen LogP contribution in [0.25, 0.3) is 0 Å². The molecule has 1 aromatic heterocycles. The van der Waals surface area contributed by atoms with Crippen molar-refractivity contribution < 1.29 is 9.21 Å². The number of nitrogens with zero attached hydrogens (tertiary/aromatic N) is 1. The van der Waals surface area contributed by atoms with Crippen LogP contribution in [0.1, 0.15) is 36.6 Å². The molecule has 4 nitrogen and oxygen atoms in total. The topological polar surface area (TPSA) is 59.5 Å². The minimum Gasteiger partial charge on any atom is -0.456 e. The number of hydrogen-bond acceptors (Lipinski definition) is 3. The maximum absolute atomic E-state index is 12.1. The molecule has 2 unspecified atom stereocenters. The third kappa shape index (κ3) is 2.52. The molecule has 1 aliphatic rings. The SMILES string of the molecule is CCc1ccc(C(=O)N2CCC(C(C)N)C2)o1. The summed E-state index contributed by atoms with van der Waals surface area (Å²) in [5.74, 6) is 1.72. The lowest BCUT2D eigenvalue weighted by Gasteiger charge is -2.16. The standard InChI is InChI=1S/C13H20N2O2/c1-3-11-4-5-12(17-11)13(16)15-7-6-10(8-15)9(2)14/h4-5,9-10H,3,6-8,14H2,1-2H3. The fourth-order valence-electron chi connectivity index (χ4n) is 2.24. The Morgan fingerprint density at radius 2 is 2.41 bits per heavy atom. The Kier molecular flexibility index (Phi) is 3.52. The average Bonchev–Trinajstić information content (AvgIpc) is 2.97. The molecule has 1 aromatic rings. The molecule has 4 heteroatoms. The molecule has 2 N–H and O–H groups in total. The summed E-state index contributed by atoms with van der Waals surface area (Å²) in [7, 11) is 0. The summed E-state index contributed by atoms with van der Waals surface area (Å²) >= 11 is 0. The molecule has 0 saturated carbocycles. The summed E-state index contributed by atoms with van der Waals surface area (Å²) in [6.07, 6.45) is 1.81. The molecule has 2 atom stereocenters. The van der Waals surface area contributed by atoms with Crippen LogP contribution in [0.2, 0.25) is 0 Å². The zero-order valence-electron chi connectivity index (χ0n) is 10.5. The fraction of sp³-hybridized carbons (Fsp3) is 0.615. The van der Waals surface area contributed by atoms with Crippen LogP contribution in [0.4, 0.5) is 0 Å². The summed E-state index contributed by atoms with van der Waals surface area (Å²) in [5, 5.41) is 0. The van der Waals surface area contributed by atoms with E-state index in [0.717, 1.165) is 31.7 Å². The van der Waals surface area contributed by atoms with Crippen LogP contribution >= 0.6 is 0 Å². The Morgan fingerprint density at radius 3 is 2.94 bits per heavy atom. The van der Waals surface area contributed by atoms with Gasteiger partial charge in [0.25, 0.3) is 5.91 Å². The van der Waals surface area contributed by atoms with Crippen molar-refractivity contribution in [3.05, 3.63) is 23.7 Å². The number of aryl methyl sites for hydroxylation is 1. The zero-order valence-corrected chi connectivity index (χ0v) is 10.5. The second kappa shape index (κ2) is 4.92. The fourth-order valence-corrected chi connectivity index (χ4v) is 2.24. The van der Waals surface area contributed by atoms with Gasteiger partial charge in [0.05, 0.1) is 0 Å². The number of carbonyl (C=O) groups is 1. The van der Waals surface area contributed by atoms with Gasteiger partial charge in [0, 0.05) is 25.6 Å². The molecular weight excluding hydrogens is 216 g/mol. The van der Waals surface area contributed by atoms with Crippen molar-refractivity contribution in [3.63, 3.8) is 0 Å². The largest absolute Gasteiger partial charge is 0.456 e. The zero-order chi connectivity index (χ0) is 12.4. The first kappa shape index (κ1) is 12.2. The number of rotatable bonds is 3. The Morgan fingerprint density at radius 1 is 1.65 bits per heavy atom. The minimum atomic E-state index is -0.00662. The van der Waals surface area contributed by atoms with E-state index in [1.807, 2.05) is 24.8 Å². The van der Waals surface area contributed by atoms with Gasteiger partial charge in [-0.05, 0) is 31.4 Å². The number of likely N-dealkylation sites (tertiary alicyclic amines) is 1. The molecule has 1 aliphatic heterocycles. The van der Waals surface area contributed by atoms with E-state index in [1.54, 1.807) is 6.07 Å². The lowest BCUT2D eigenvalue weighted by Crippen LogP contribution is -2.32. The highest BCUT2D eigenvalue weighted by atomic mass is 16.4. The Labute approximate surface area is 102 Å². The Bertz CT molecular complexity index is 398. The number of hydrogen-bond donors (Lipinski definition) is 1. The van der Waals surface area contributed by atoms with Gasteiger partial charge < -0.3 is 15.1 Å². The van der Waals surface area contributed by atoms with Crippen LogP contribution in [-0.2, 0) is 6.42 Å². The van der Waals surface area contributed by atoms with Gasteiger partial charge in [-0.3, -0.25) is 4.79 Å². The first-order chi connectivity index (χ1) is 8.11. The number of furan rings is 1. The van der Waals surface area contributed by atoms with Gasteiger partial charge in [0.1, 0.15) is 5.76 Å². The van der Waals surface area contributed by atoms with Crippen LogP contribution in [0.15, 0.2) is 16.5 Å². The molecule has 0 bridgehead atoms. The molecule has 1 amide bonds. The molecule has 2 heterocycles. The van der Waals surface area contributed by atoms with Crippen molar-refractivity contribution >= 4 is 5.91 Å². The monoisotopic (exact) mass is 236 g/mol. The third-order valence-electron chi connectivity index (χ3n) is 3.48. The first-order valence-corrected chi connectivity index (χ1v) is 6.25. The second-order valence-corrected chi connectivity index (χ2v) is 4.78. The highest BCUT2D eigenvalue weighted by Crippen LogP contribution is 2.21. The molecule has 94 valence electrons. The van der Waals surface area contributed by atoms with Gasteiger partial charge in [-0.15, -0.1) is 0 Å². The maximum Gasteiger partial charge on any atom is 0.289 e. The average molecular weight is 236 g/mol. The van der Waals surface area contributed by atoms with Gasteiger partial charge in [-0.25, -0.2) is 0 Å². The Hall–Kier alpha value is -1.29. The molecular formula is C13H20N2O2. The van der Waals surface area contributed by atoms with Crippen LogP contribution in [0, 0.1) is 5.92 Å². The van der Waals surface area contributed by atoms with Crippen LogP contribution < -0.4 is 5.73 Å². The first-order valence-electron chi connectivity index (χ1n) is 6.25. The van der Waals surface area contributed by atoms with E-state index in [0.29, 0.717) is 11.7 Å². The van der Waals surface area contributed by atoms with Crippen LogP contribution in [-0.4, -0.2) is 29.9 Å². The molecule has 1 fully saturated rings. The van der Waals surface area contributed by atoms with E-state index in [-0.39, 0.29) is 11.9 Å². The van der Waals surface area contributed by atoms with Crippen molar-refractivity contribution in [2.24, 2.45) is 11.7 Å². The van der Waals surface area contributed by atoms with E-state index >= 15 is 0 Å². The summed E-state index contributed by atoms with van der Waals surface area (Å²) < 4.78 is 5.48. The van der Waals surface area contributed by atoms with E-state index < -0.39 is 0 Å². The van der Waals surface area contributed by atoms with E-state index in [2.05, 4.69) is 0 Å². The maximum atomic E-state index is 12.1. The molecule has 0 aromatic carbocycles. The molecule has 17 heavy (non-hydrogen) atoms. The van der Waals surface area contributed by atoms with Gasteiger partial charge in [-0.1, -0.05) is 6.92 Å². The number of amides is 1. The van der Waals surface area contributed by atoms with Gasteiger partial charge in [0.2, 0.25) is 0 Å². The van der Waals surface area contributed by atoms with Crippen molar-refractivity contribution in [2.75, 3.05) is 13.1 Å². The van der Waals surface area contributed by atoms with Crippen molar-refractivity contribution in [2.45, 2.75) is 32.7 Å². The molecule has 0 radical (unpaired) electrons. The van der Waals surface area contributed by atoms with Gasteiger partial charge >= 0.3 is 0 Å². The number of carbonyl (C=O) groups excluding carboxylic acids is 1. The summed E-state index contributed by atoms with van der Waals surface area (Å²) in [6.45, 7) is 5.54. The van der Waals surface area contributed by atoms with E-state index in [4.69, 9.17) is 10.2 Å². The third-order valence-corrected chi connectivity index (χ3v) is 3.48. The molecule has 2 rings (SSSR count). The Balaban J connectivity index is 2.01. The second-order valence-electron chi connectivity index (χ2n) is 4.78. The molecule has 1 saturated heterocycles. The summed E-state index contributed by atoms with van der Waals surface area (Å²) in [6, 6.07) is 3.78. The smallest absolute Gasteiger partial charge is 0.289 e. The van der Waals surface area contributed by atoms with Gasteiger partial charge in [-0.2, -0.15) is 0 Å². The molecule has 0 spiro atoms. The molecule has 0 aliphatic carbocycles. The summed E-state index contributed by atoms with van der Waals surface area (Å²) in [5.41, 5.74) is 5.86.